The maximum atomic E-state index is 8.86. The summed E-state index contributed by atoms with van der Waals surface area (Å²) in [6, 6.07) is 0. The predicted molar refractivity (Wildman–Crippen MR) is 44.2 cm³/mol. The van der Waals surface area contributed by atoms with Crippen molar-refractivity contribution < 1.29 is 9.84 Å². The monoisotopic (exact) mass is 158 g/mol. The molecule has 0 aromatic heterocycles. The van der Waals surface area contributed by atoms with Gasteiger partial charge in [0.1, 0.15) is 0 Å². The lowest BCUT2D eigenvalue weighted by Crippen LogP contribution is -2.17. The van der Waals surface area contributed by atoms with Crippen molar-refractivity contribution in [1.29, 1.82) is 0 Å². The molecule has 1 saturated carbocycles. The Balaban J connectivity index is 2.05. The molecule has 1 aliphatic carbocycles. The predicted octanol–water partition coefficient (Wildman–Crippen LogP) is 1.92. The smallest absolute Gasteiger partial charge is 0.151 e. The second-order valence-corrected chi connectivity index (χ2v) is 3.44. The van der Waals surface area contributed by atoms with Crippen LogP contribution in [0.2, 0.25) is 0 Å². The highest BCUT2D eigenvalue weighted by Crippen LogP contribution is 2.23. The maximum Gasteiger partial charge on any atom is 0.151 e. The van der Waals surface area contributed by atoms with Gasteiger partial charge in [-0.2, -0.15) is 0 Å². The van der Waals surface area contributed by atoms with E-state index in [4.69, 9.17) is 9.84 Å². The zero-order valence-electron chi connectivity index (χ0n) is 7.25. The average Bonchev–Trinajstić information content (AvgIpc) is 2.03. The van der Waals surface area contributed by atoms with Crippen LogP contribution in [0.5, 0.6) is 0 Å². The molecule has 1 fully saturated rings. The molecule has 11 heavy (non-hydrogen) atoms. The van der Waals surface area contributed by atoms with Crippen LogP contribution in [0.4, 0.5) is 0 Å². The summed E-state index contributed by atoms with van der Waals surface area (Å²) in [4.78, 5) is 0. The fourth-order valence-electron chi connectivity index (χ4n) is 1.63. The SMILES string of the molecule is C[C@H](O)OCC1CCCCC1. The van der Waals surface area contributed by atoms with Gasteiger partial charge in [-0.15, -0.1) is 0 Å². The fraction of sp³-hybridized carbons (Fsp3) is 1.00. The first-order valence-corrected chi connectivity index (χ1v) is 4.58. The first kappa shape index (κ1) is 9.01. The summed E-state index contributed by atoms with van der Waals surface area (Å²) in [7, 11) is 0. The topological polar surface area (TPSA) is 29.5 Å². The second-order valence-electron chi connectivity index (χ2n) is 3.44. The summed E-state index contributed by atoms with van der Waals surface area (Å²) >= 11 is 0. The van der Waals surface area contributed by atoms with Gasteiger partial charge in [-0.25, -0.2) is 0 Å². The number of aliphatic hydroxyl groups is 1. The molecule has 0 unspecified atom stereocenters. The Hall–Kier alpha value is -0.0800. The molecule has 0 spiro atoms. The van der Waals surface area contributed by atoms with Gasteiger partial charge in [0.25, 0.3) is 0 Å². The van der Waals surface area contributed by atoms with Crippen LogP contribution in [0.1, 0.15) is 39.0 Å². The number of aliphatic hydroxyl groups excluding tert-OH is 1. The molecule has 0 heterocycles. The molecule has 1 aliphatic rings. The fourth-order valence-corrected chi connectivity index (χ4v) is 1.63. The molecular formula is C9H18O2. The molecule has 2 nitrogen and oxygen atoms in total. The van der Waals surface area contributed by atoms with Gasteiger partial charge in [-0.05, 0) is 25.7 Å². The van der Waals surface area contributed by atoms with E-state index in [1.54, 1.807) is 6.92 Å². The molecule has 0 aliphatic heterocycles. The molecule has 66 valence electrons. The first-order valence-electron chi connectivity index (χ1n) is 4.58. The van der Waals surface area contributed by atoms with Gasteiger partial charge < -0.3 is 9.84 Å². The van der Waals surface area contributed by atoms with Crippen molar-refractivity contribution in [2.24, 2.45) is 5.92 Å². The van der Waals surface area contributed by atoms with E-state index in [0.717, 1.165) is 6.61 Å². The summed E-state index contributed by atoms with van der Waals surface area (Å²) in [5.41, 5.74) is 0. The van der Waals surface area contributed by atoms with Gasteiger partial charge in [0, 0.05) is 0 Å². The Morgan fingerprint density at radius 3 is 2.55 bits per heavy atom. The third-order valence-corrected chi connectivity index (χ3v) is 2.30. The molecule has 0 amide bonds. The third-order valence-electron chi connectivity index (χ3n) is 2.30. The molecular weight excluding hydrogens is 140 g/mol. The van der Waals surface area contributed by atoms with Crippen LogP contribution in [0.25, 0.3) is 0 Å². The molecule has 0 aromatic carbocycles. The van der Waals surface area contributed by atoms with Crippen LogP contribution in [0, 0.1) is 5.92 Å². The van der Waals surface area contributed by atoms with Crippen molar-refractivity contribution in [3.05, 3.63) is 0 Å². The van der Waals surface area contributed by atoms with E-state index in [0.29, 0.717) is 5.92 Å². The van der Waals surface area contributed by atoms with Crippen molar-refractivity contribution in [1.82, 2.24) is 0 Å². The minimum Gasteiger partial charge on any atom is -0.368 e. The van der Waals surface area contributed by atoms with E-state index in [-0.39, 0.29) is 0 Å². The van der Waals surface area contributed by atoms with Crippen LogP contribution < -0.4 is 0 Å². The number of ether oxygens (including phenoxy) is 1. The zero-order chi connectivity index (χ0) is 8.10. The lowest BCUT2D eigenvalue weighted by molar-refractivity contribution is -0.0989. The van der Waals surface area contributed by atoms with Gasteiger partial charge in [0.15, 0.2) is 6.29 Å². The van der Waals surface area contributed by atoms with E-state index in [1.165, 1.54) is 32.1 Å². The van der Waals surface area contributed by atoms with E-state index in [9.17, 15) is 0 Å². The van der Waals surface area contributed by atoms with Gasteiger partial charge in [-0.1, -0.05) is 19.3 Å². The van der Waals surface area contributed by atoms with E-state index in [2.05, 4.69) is 0 Å². The quantitative estimate of drug-likeness (QED) is 0.636. The van der Waals surface area contributed by atoms with E-state index in [1.807, 2.05) is 0 Å². The molecule has 0 aromatic rings. The van der Waals surface area contributed by atoms with Crippen LogP contribution >= 0.6 is 0 Å². The highest BCUT2D eigenvalue weighted by atomic mass is 16.6. The van der Waals surface area contributed by atoms with Crippen LogP contribution in [-0.2, 0) is 4.74 Å². The summed E-state index contributed by atoms with van der Waals surface area (Å²) in [6.07, 6.45) is 6.05. The van der Waals surface area contributed by atoms with Gasteiger partial charge >= 0.3 is 0 Å². The second kappa shape index (κ2) is 4.73. The summed E-state index contributed by atoms with van der Waals surface area (Å²) in [6.45, 7) is 2.42. The number of hydrogen-bond acceptors (Lipinski definition) is 2. The minimum atomic E-state index is -0.586. The van der Waals surface area contributed by atoms with Crippen molar-refractivity contribution in [2.45, 2.75) is 45.3 Å². The Labute approximate surface area is 68.6 Å². The first-order chi connectivity index (χ1) is 5.29. The zero-order valence-corrected chi connectivity index (χ0v) is 7.25. The molecule has 1 atom stereocenters. The molecule has 0 bridgehead atoms. The largest absolute Gasteiger partial charge is 0.368 e. The normalized spacial score (nSPS) is 23.5. The van der Waals surface area contributed by atoms with Crippen molar-refractivity contribution in [3.63, 3.8) is 0 Å². The Morgan fingerprint density at radius 1 is 1.36 bits per heavy atom. The average molecular weight is 158 g/mol. The minimum absolute atomic E-state index is 0.586. The van der Waals surface area contributed by atoms with Crippen LogP contribution in [0.3, 0.4) is 0 Å². The number of rotatable bonds is 3. The molecule has 1 N–H and O–H groups in total. The summed E-state index contributed by atoms with van der Waals surface area (Å²) in [5, 5.41) is 8.86. The standard InChI is InChI=1S/C9H18O2/c1-8(10)11-7-9-5-3-2-4-6-9/h8-10H,2-7H2,1H3/t8-/m1/s1. The highest BCUT2D eigenvalue weighted by Gasteiger charge is 2.13. The summed E-state index contributed by atoms with van der Waals surface area (Å²) in [5.74, 6) is 0.707. The highest BCUT2D eigenvalue weighted by molar-refractivity contribution is 4.64. The molecule has 0 radical (unpaired) electrons. The van der Waals surface area contributed by atoms with E-state index < -0.39 is 6.29 Å². The van der Waals surface area contributed by atoms with Gasteiger partial charge in [0.05, 0.1) is 6.61 Å². The van der Waals surface area contributed by atoms with Crippen molar-refractivity contribution in [3.8, 4) is 0 Å². The Kier molecular flexibility index (Phi) is 3.87. The lowest BCUT2D eigenvalue weighted by Gasteiger charge is -2.21. The van der Waals surface area contributed by atoms with Crippen LogP contribution in [0.15, 0.2) is 0 Å². The maximum absolute atomic E-state index is 8.86. The van der Waals surface area contributed by atoms with Crippen molar-refractivity contribution in [2.75, 3.05) is 6.61 Å². The third kappa shape index (κ3) is 3.73. The lowest BCUT2D eigenvalue weighted by atomic mass is 9.90. The van der Waals surface area contributed by atoms with Gasteiger partial charge in [0.2, 0.25) is 0 Å². The molecule has 0 saturated heterocycles. The molecule has 1 rings (SSSR count). The molecule has 2 heteroatoms. The Morgan fingerprint density at radius 2 is 2.00 bits per heavy atom. The number of hydrogen-bond donors (Lipinski definition) is 1. The van der Waals surface area contributed by atoms with E-state index >= 15 is 0 Å². The van der Waals surface area contributed by atoms with Gasteiger partial charge in [-0.3, -0.25) is 0 Å². The Bertz CT molecular complexity index is 95.7. The van der Waals surface area contributed by atoms with Crippen LogP contribution in [-0.4, -0.2) is 18.0 Å². The summed E-state index contributed by atoms with van der Waals surface area (Å²) < 4.78 is 5.14. The van der Waals surface area contributed by atoms with Crippen molar-refractivity contribution >= 4 is 0 Å².